The molecule has 0 unspecified atom stereocenters. The number of nitrogens with one attached hydrogen (secondary N) is 1. The van der Waals surface area contributed by atoms with Crippen molar-refractivity contribution in [1.82, 2.24) is 30.1 Å². The van der Waals surface area contributed by atoms with E-state index in [1.807, 2.05) is 0 Å². The van der Waals surface area contributed by atoms with Gasteiger partial charge in [0.05, 0.1) is 17.6 Å². The minimum atomic E-state index is 0.0172. The van der Waals surface area contributed by atoms with Crippen LogP contribution in [-0.2, 0) is 6.54 Å². The quantitative estimate of drug-likeness (QED) is 0.468. The van der Waals surface area contributed by atoms with Gasteiger partial charge in [0.15, 0.2) is 5.82 Å². The van der Waals surface area contributed by atoms with Gasteiger partial charge in [0, 0.05) is 18.2 Å². The number of pyridine rings is 1. The Balaban J connectivity index is 1.54. The minimum absolute atomic E-state index is 0.0172. The largest absolute Gasteiger partial charge is 0.321 e. The molecule has 0 saturated heterocycles. The third-order valence-electron chi connectivity index (χ3n) is 8.47. The molecule has 7 heteroatoms. The van der Waals surface area contributed by atoms with Crippen LogP contribution in [0, 0.1) is 19.8 Å². The monoisotopic (exact) mass is 476 g/mol. The number of aryl methyl sites for hydroxylation is 2. The van der Waals surface area contributed by atoms with Gasteiger partial charge in [-0.25, -0.2) is 4.68 Å². The summed E-state index contributed by atoms with van der Waals surface area (Å²) in [7, 11) is 0. The third kappa shape index (κ3) is 4.80. The van der Waals surface area contributed by atoms with Gasteiger partial charge in [-0.1, -0.05) is 58.1 Å². The maximum Gasteiger partial charge on any atom is 0.252 e. The first-order valence-corrected chi connectivity index (χ1v) is 13.6. The Morgan fingerprint density at radius 2 is 1.77 bits per heavy atom. The predicted molar refractivity (Wildman–Crippen MR) is 139 cm³/mol. The van der Waals surface area contributed by atoms with Crippen molar-refractivity contribution < 1.29 is 0 Å². The Morgan fingerprint density at radius 1 is 1.06 bits per heavy atom. The standard InChI is InChI=1S/C28H40N6O/c1-18(2)26(27-30-31-32-34(27)24-12-6-5-7-13-24)33(23-10-8-9-11-23)17-22-16-21-15-14-19(3)20(4)25(21)29-28(22)35/h14-16,18,23-24,26H,5-13,17H2,1-4H3,(H,29,35)/t26-/m0/s1. The zero-order valence-corrected chi connectivity index (χ0v) is 21.8. The molecule has 3 aromatic rings. The minimum Gasteiger partial charge on any atom is -0.321 e. The van der Waals surface area contributed by atoms with Crippen molar-refractivity contribution in [2.75, 3.05) is 0 Å². The molecule has 2 aliphatic rings. The molecule has 1 aromatic carbocycles. The summed E-state index contributed by atoms with van der Waals surface area (Å²) in [5.74, 6) is 1.30. The maximum absolute atomic E-state index is 13.3. The number of nitrogens with zero attached hydrogens (tertiary/aromatic N) is 5. The van der Waals surface area contributed by atoms with E-state index in [1.54, 1.807) is 0 Å². The Morgan fingerprint density at radius 3 is 2.49 bits per heavy atom. The Labute approximate surface area is 208 Å². The second-order valence-corrected chi connectivity index (χ2v) is 11.2. The smallest absolute Gasteiger partial charge is 0.252 e. The molecular formula is C28H40N6O. The zero-order valence-electron chi connectivity index (χ0n) is 21.8. The van der Waals surface area contributed by atoms with Gasteiger partial charge in [0.2, 0.25) is 0 Å². The summed E-state index contributed by atoms with van der Waals surface area (Å²) >= 11 is 0. The topological polar surface area (TPSA) is 79.7 Å². The molecule has 0 spiro atoms. The van der Waals surface area contributed by atoms with Crippen LogP contribution in [0.5, 0.6) is 0 Å². The molecule has 2 saturated carbocycles. The van der Waals surface area contributed by atoms with Crippen LogP contribution in [0.1, 0.15) is 106 Å². The van der Waals surface area contributed by atoms with Crippen molar-refractivity contribution in [3.05, 3.63) is 51.1 Å². The predicted octanol–water partition coefficient (Wildman–Crippen LogP) is 5.78. The van der Waals surface area contributed by atoms with E-state index in [0.29, 0.717) is 24.5 Å². The third-order valence-corrected chi connectivity index (χ3v) is 8.47. The lowest BCUT2D eigenvalue weighted by molar-refractivity contribution is 0.0815. The number of hydrogen-bond donors (Lipinski definition) is 1. The van der Waals surface area contributed by atoms with Crippen LogP contribution in [-0.4, -0.2) is 36.1 Å². The SMILES string of the molecule is Cc1ccc2cc(CN(C3CCCC3)[C@H](c3nnnn3C3CCCCC3)C(C)C)c(=O)[nH]c2c1C. The van der Waals surface area contributed by atoms with E-state index in [4.69, 9.17) is 0 Å². The molecule has 1 N–H and O–H groups in total. The lowest BCUT2D eigenvalue weighted by atomic mass is 9.94. The number of aromatic nitrogens is 5. The maximum atomic E-state index is 13.3. The van der Waals surface area contributed by atoms with E-state index in [0.717, 1.165) is 53.5 Å². The summed E-state index contributed by atoms with van der Waals surface area (Å²) in [5.41, 5.74) is 4.14. The fraction of sp³-hybridized carbons (Fsp3) is 0.643. The highest BCUT2D eigenvalue weighted by molar-refractivity contribution is 5.83. The Bertz CT molecular complexity index is 1220. The molecule has 2 heterocycles. The van der Waals surface area contributed by atoms with E-state index in [1.165, 1.54) is 37.7 Å². The van der Waals surface area contributed by atoms with Gasteiger partial charge >= 0.3 is 0 Å². The molecule has 0 radical (unpaired) electrons. The number of fused-ring (bicyclic) bond motifs is 1. The van der Waals surface area contributed by atoms with Gasteiger partial charge in [-0.05, 0) is 78.5 Å². The van der Waals surface area contributed by atoms with Crippen LogP contribution < -0.4 is 5.56 Å². The van der Waals surface area contributed by atoms with Gasteiger partial charge < -0.3 is 4.98 Å². The van der Waals surface area contributed by atoms with Gasteiger partial charge in [-0.15, -0.1) is 5.10 Å². The number of hydrogen-bond acceptors (Lipinski definition) is 5. The summed E-state index contributed by atoms with van der Waals surface area (Å²) in [4.78, 5) is 19.1. The highest BCUT2D eigenvalue weighted by Crippen LogP contribution is 2.38. The van der Waals surface area contributed by atoms with E-state index in [2.05, 4.69) is 76.0 Å². The van der Waals surface area contributed by atoms with Crippen molar-refractivity contribution in [2.45, 2.75) is 110 Å². The summed E-state index contributed by atoms with van der Waals surface area (Å²) in [6, 6.07) is 7.27. The second kappa shape index (κ2) is 10.2. The Hall–Kier alpha value is -2.54. The highest BCUT2D eigenvalue weighted by Gasteiger charge is 2.36. The normalized spacial score (nSPS) is 18.8. The van der Waals surface area contributed by atoms with Crippen molar-refractivity contribution in [3.8, 4) is 0 Å². The van der Waals surface area contributed by atoms with Crippen LogP contribution >= 0.6 is 0 Å². The van der Waals surface area contributed by atoms with Crippen LogP contribution in [0.15, 0.2) is 23.0 Å². The Kier molecular flexibility index (Phi) is 7.05. The molecule has 2 aliphatic carbocycles. The van der Waals surface area contributed by atoms with Crippen LogP contribution in [0.4, 0.5) is 0 Å². The van der Waals surface area contributed by atoms with E-state index < -0.39 is 0 Å². The number of benzene rings is 1. The van der Waals surface area contributed by atoms with Crippen LogP contribution in [0.25, 0.3) is 10.9 Å². The molecule has 2 aromatic heterocycles. The molecule has 0 aliphatic heterocycles. The molecule has 2 fully saturated rings. The van der Waals surface area contributed by atoms with Crippen LogP contribution in [0.2, 0.25) is 0 Å². The van der Waals surface area contributed by atoms with Crippen molar-refractivity contribution in [2.24, 2.45) is 5.92 Å². The summed E-state index contributed by atoms with van der Waals surface area (Å²) in [6.07, 6.45) is 10.9. The summed E-state index contributed by atoms with van der Waals surface area (Å²) < 4.78 is 2.13. The van der Waals surface area contributed by atoms with Crippen molar-refractivity contribution in [1.29, 1.82) is 0 Å². The highest BCUT2D eigenvalue weighted by atomic mass is 16.1. The summed E-state index contributed by atoms with van der Waals surface area (Å²) in [6.45, 7) is 9.32. The zero-order chi connectivity index (χ0) is 24.5. The fourth-order valence-corrected chi connectivity index (χ4v) is 6.39. The van der Waals surface area contributed by atoms with Crippen molar-refractivity contribution in [3.63, 3.8) is 0 Å². The van der Waals surface area contributed by atoms with Crippen molar-refractivity contribution >= 4 is 10.9 Å². The second-order valence-electron chi connectivity index (χ2n) is 11.2. The summed E-state index contributed by atoms with van der Waals surface area (Å²) in [5, 5.41) is 14.4. The number of rotatable bonds is 7. The van der Waals surface area contributed by atoms with Gasteiger partial charge in [-0.3, -0.25) is 9.69 Å². The molecule has 5 rings (SSSR count). The van der Waals surface area contributed by atoms with E-state index >= 15 is 0 Å². The number of tetrazole rings is 1. The molecular weight excluding hydrogens is 436 g/mol. The van der Waals surface area contributed by atoms with Gasteiger partial charge in [-0.2, -0.15) is 0 Å². The number of aromatic amines is 1. The molecule has 188 valence electrons. The molecule has 0 bridgehead atoms. The van der Waals surface area contributed by atoms with Gasteiger partial charge in [0.25, 0.3) is 5.56 Å². The average molecular weight is 477 g/mol. The fourth-order valence-electron chi connectivity index (χ4n) is 6.39. The molecule has 0 amide bonds. The first-order valence-electron chi connectivity index (χ1n) is 13.6. The number of H-pyrrole nitrogens is 1. The average Bonchev–Trinajstić information content (AvgIpc) is 3.55. The lowest BCUT2D eigenvalue weighted by Gasteiger charge is -2.38. The lowest BCUT2D eigenvalue weighted by Crippen LogP contribution is -2.41. The molecule has 35 heavy (non-hydrogen) atoms. The van der Waals surface area contributed by atoms with E-state index in [9.17, 15) is 4.79 Å². The first kappa shape index (κ1) is 24.2. The van der Waals surface area contributed by atoms with Crippen LogP contribution in [0.3, 0.4) is 0 Å². The van der Waals surface area contributed by atoms with Gasteiger partial charge in [0.1, 0.15) is 0 Å². The molecule has 1 atom stereocenters. The first-order chi connectivity index (χ1) is 16.9. The van der Waals surface area contributed by atoms with E-state index in [-0.39, 0.29) is 11.6 Å². The molecule has 7 nitrogen and oxygen atoms in total.